The van der Waals surface area contributed by atoms with Crippen LogP contribution in [-0.2, 0) is 4.79 Å². The summed E-state index contributed by atoms with van der Waals surface area (Å²) in [7, 11) is 0. The van der Waals surface area contributed by atoms with E-state index in [0.717, 1.165) is 25.9 Å². The van der Waals surface area contributed by atoms with Crippen molar-refractivity contribution in [2.75, 3.05) is 32.7 Å². The third kappa shape index (κ3) is 4.62. The molecule has 3 amide bonds. The number of amides is 3. The molecule has 0 bridgehead atoms. The zero-order valence-electron chi connectivity index (χ0n) is 11.3. The summed E-state index contributed by atoms with van der Waals surface area (Å²) < 4.78 is 0. The highest BCUT2D eigenvalue weighted by Crippen LogP contribution is 2.27. The van der Waals surface area contributed by atoms with Gasteiger partial charge in [0.25, 0.3) is 0 Å². The van der Waals surface area contributed by atoms with Gasteiger partial charge in [-0.1, -0.05) is 13.8 Å². The molecule has 0 radical (unpaired) electrons. The molecule has 6 heteroatoms. The van der Waals surface area contributed by atoms with Crippen molar-refractivity contribution in [1.82, 2.24) is 15.5 Å². The van der Waals surface area contributed by atoms with Crippen molar-refractivity contribution in [3.05, 3.63) is 0 Å². The second-order valence-electron chi connectivity index (χ2n) is 5.28. The van der Waals surface area contributed by atoms with E-state index in [2.05, 4.69) is 17.6 Å². The molecule has 0 saturated carbocycles. The van der Waals surface area contributed by atoms with Crippen LogP contribution in [0.4, 0.5) is 4.79 Å². The zero-order valence-corrected chi connectivity index (χ0v) is 11.3. The van der Waals surface area contributed by atoms with E-state index < -0.39 is 6.03 Å². The quantitative estimate of drug-likeness (QED) is 0.640. The minimum absolute atomic E-state index is 0.102. The van der Waals surface area contributed by atoms with E-state index in [1.807, 2.05) is 11.8 Å². The summed E-state index contributed by atoms with van der Waals surface area (Å²) >= 11 is 0. The van der Waals surface area contributed by atoms with Crippen LogP contribution in [0.15, 0.2) is 0 Å². The molecule has 6 nitrogen and oxygen atoms in total. The monoisotopic (exact) mass is 256 g/mol. The average Bonchev–Trinajstić information content (AvgIpc) is 2.69. The van der Waals surface area contributed by atoms with Crippen LogP contribution >= 0.6 is 0 Å². The normalized spacial score (nSPS) is 23.9. The third-order valence-corrected chi connectivity index (χ3v) is 3.29. The number of carbonyl (C=O) groups excluding carboxylic acids is 2. The minimum Gasteiger partial charge on any atom is -0.338 e. The first-order chi connectivity index (χ1) is 8.49. The van der Waals surface area contributed by atoms with E-state index >= 15 is 0 Å². The van der Waals surface area contributed by atoms with Crippen LogP contribution < -0.4 is 16.4 Å². The first-order valence-electron chi connectivity index (χ1n) is 6.49. The van der Waals surface area contributed by atoms with E-state index in [0.29, 0.717) is 13.1 Å². The van der Waals surface area contributed by atoms with Gasteiger partial charge >= 0.3 is 6.03 Å². The molecule has 0 aromatic carbocycles. The molecule has 1 rings (SSSR count). The summed E-state index contributed by atoms with van der Waals surface area (Å²) in [6, 6.07) is -0.414. The summed E-state index contributed by atoms with van der Waals surface area (Å²) in [6.07, 6.45) is 1.85. The zero-order chi connectivity index (χ0) is 13.6. The van der Waals surface area contributed by atoms with Crippen molar-refractivity contribution >= 4 is 11.9 Å². The maximum Gasteiger partial charge on any atom is 0.321 e. The lowest BCUT2D eigenvalue weighted by Gasteiger charge is -2.22. The molecule has 4 N–H and O–H groups in total. The minimum atomic E-state index is -0.414. The van der Waals surface area contributed by atoms with Crippen molar-refractivity contribution in [1.29, 1.82) is 0 Å². The van der Waals surface area contributed by atoms with Gasteiger partial charge in [-0.05, 0) is 31.3 Å². The van der Waals surface area contributed by atoms with Crippen molar-refractivity contribution in [3.8, 4) is 0 Å². The predicted molar refractivity (Wildman–Crippen MR) is 70.1 cm³/mol. The molecule has 1 unspecified atom stereocenters. The average molecular weight is 256 g/mol. The molecular formula is C12H24N4O2. The highest BCUT2D eigenvalue weighted by Gasteiger charge is 2.33. The number of hydrogen-bond acceptors (Lipinski definition) is 4. The SMILES string of the molecule is CCCNC(=O)NC(=O)CN1CCC(C)(CN)C1. The van der Waals surface area contributed by atoms with Crippen molar-refractivity contribution in [3.63, 3.8) is 0 Å². The number of imide groups is 1. The second kappa shape index (κ2) is 6.70. The van der Waals surface area contributed by atoms with Crippen LogP contribution in [0, 0.1) is 5.41 Å². The standard InChI is InChI=1S/C12H24N4O2/c1-3-5-14-11(18)15-10(17)7-16-6-4-12(2,8-13)9-16/h3-9,13H2,1-2H3,(H2,14,15,17,18). The highest BCUT2D eigenvalue weighted by atomic mass is 16.2. The molecule has 0 aromatic rings. The maximum absolute atomic E-state index is 11.6. The Hall–Kier alpha value is -1.14. The van der Waals surface area contributed by atoms with Crippen LogP contribution in [-0.4, -0.2) is 49.6 Å². The Balaban J connectivity index is 2.27. The third-order valence-electron chi connectivity index (χ3n) is 3.29. The number of carbonyl (C=O) groups is 2. The van der Waals surface area contributed by atoms with Crippen LogP contribution in [0.5, 0.6) is 0 Å². The summed E-state index contributed by atoms with van der Waals surface area (Å²) in [5.41, 5.74) is 5.81. The van der Waals surface area contributed by atoms with Crippen molar-refractivity contribution in [2.45, 2.75) is 26.7 Å². The van der Waals surface area contributed by atoms with E-state index in [9.17, 15) is 9.59 Å². The smallest absolute Gasteiger partial charge is 0.321 e. The number of likely N-dealkylation sites (tertiary alicyclic amines) is 1. The van der Waals surface area contributed by atoms with Crippen LogP contribution in [0.3, 0.4) is 0 Å². The lowest BCUT2D eigenvalue weighted by molar-refractivity contribution is -0.121. The summed E-state index contributed by atoms with van der Waals surface area (Å²) in [6.45, 7) is 7.22. The molecule has 104 valence electrons. The Bertz CT molecular complexity index is 308. The Labute approximate surface area is 108 Å². The van der Waals surface area contributed by atoms with Gasteiger partial charge in [-0.2, -0.15) is 0 Å². The maximum atomic E-state index is 11.6. The van der Waals surface area contributed by atoms with Crippen LogP contribution in [0.25, 0.3) is 0 Å². The van der Waals surface area contributed by atoms with Crippen LogP contribution in [0.2, 0.25) is 0 Å². The Morgan fingerprint density at radius 1 is 1.44 bits per heavy atom. The van der Waals surface area contributed by atoms with Gasteiger partial charge in [0.05, 0.1) is 6.54 Å². The number of hydrogen-bond donors (Lipinski definition) is 3. The molecule has 0 aliphatic carbocycles. The van der Waals surface area contributed by atoms with Gasteiger partial charge in [0.1, 0.15) is 0 Å². The molecule has 1 heterocycles. The molecule has 0 spiro atoms. The fourth-order valence-electron chi connectivity index (χ4n) is 2.08. The fourth-order valence-corrected chi connectivity index (χ4v) is 2.08. The van der Waals surface area contributed by atoms with E-state index in [1.165, 1.54) is 0 Å². The summed E-state index contributed by atoms with van der Waals surface area (Å²) in [4.78, 5) is 25.0. The number of urea groups is 1. The topological polar surface area (TPSA) is 87.5 Å². The van der Waals surface area contributed by atoms with Gasteiger partial charge in [0.15, 0.2) is 0 Å². The summed E-state index contributed by atoms with van der Waals surface area (Å²) in [5.74, 6) is -0.259. The van der Waals surface area contributed by atoms with Gasteiger partial charge in [-0.25, -0.2) is 4.79 Å². The lowest BCUT2D eigenvalue weighted by atomic mass is 9.90. The molecule has 1 aliphatic rings. The number of nitrogens with one attached hydrogen (secondary N) is 2. The molecular weight excluding hydrogens is 232 g/mol. The van der Waals surface area contributed by atoms with E-state index in [1.54, 1.807) is 0 Å². The lowest BCUT2D eigenvalue weighted by Crippen LogP contribution is -2.44. The van der Waals surface area contributed by atoms with E-state index in [4.69, 9.17) is 5.73 Å². The van der Waals surface area contributed by atoms with Crippen molar-refractivity contribution in [2.24, 2.45) is 11.1 Å². The second-order valence-corrected chi connectivity index (χ2v) is 5.28. The molecule has 1 fully saturated rings. The van der Waals surface area contributed by atoms with E-state index in [-0.39, 0.29) is 17.9 Å². The van der Waals surface area contributed by atoms with Crippen molar-refractivity contribution < 1.29 is 9.59 Å². The van der Waals surface area contributed by atoms with Gasteiger partial charge < -0.3 is 11.1 Å². The first-order valence-corrected chi connectivity index (χ1v) is 6.49. The largest absolute Gasteiger partial charge is 0.338 e. The Morgan fingerprint density at radius 3 is 2.72 bits per heavy atom. The number of nitrogens with zero attached hydrogens (tertiary/aromatic N) is 1. The number of nitrogens with two attached hydrogens (primary N) is 1. The highest BCUT2D eigenvalue weighted by molar-refractivity contribution is 5.95. The van der Waals surface area contributed by atoms with Crippen LogP contribution in [0.1, 0.15) is 26.7 Å². The van der Waals surface area contributed by atoms with Gasteiger partial charge in [0.2, 0.25) is 5.91 Å². The number of rotatable bonds is 5. The fraction of sp³-hybridized carbons (Fsp3) is 0.833. The van der Waals surface area contributed by atoms with Gasteiger partial charge in [-0.3, -0.25) is 15.0 Å². The first kappa shape index (κ1) is 14.9. The molecule has 1 atom stereocenters. The Kier molecular flexibility index (Phi) is 5.55. The Morgan fingerprint density at radius 2 is 2.17 bits per heavy atom. The molecule has 1 saturated heterocycles. The predicted octanol–water partition coefficient (Wildman–Crippen LogP) is -0.107. The van der Waals surface area contributed by atoms with Gasteiger partial charge in [0, 0.05) is 13.1 Å². The molecule has 1 aliphatic heterocycles. The summed E-state index contributed by atoms with van der Waals surface area (Å²) in [5, 5.41) is 4.93. The molecule has 0 aromatic heterocycles. The van der Waals surface area contributed by atoms with Gasteiger partial charge in [-0.15, -0.1) is 0 Å². The molecule has 18 heavy (non-hydrogen) atoms.